The molecule has 8 heteroatoms. The highest BCUT2D eigenvalue weighted by Gasteiger charge is 2.25. The van der Waals surface area contributed by atoms with Crippen LogP contribution in [0.15, 0.2) is 33.6 Å². The number of hydrogen-bond donors (Lipinski definition) is 1. The molecule has 1 N–H and O–H groups in total. The van der Waals surface area contributed by atoms with E-state index in [0.717, 1.165) is 18.4 Å². The first kappa shape index (κ1) is 19.3. The summed E-state index contributed by atoms with van der Waals surface area (Å²) in [5.41, 5.74) is 1.92. The van der Waals surface area contributed by atoms with Gasteiger partial charge in [0.1, 0.15) is 11.6 Å². The fourth-order valence-corrected chi connectivity index (χ4v) is 3.70. The third kappa shape index (κ3) is 4.22. The molecule has 0 bridgehead atoms. The summed E-state index contributed by atoms with van der Waals surface area (Å²) in [6, 6.07) is 7.17. The molecule has 8 nitrogen and oxygen atoms in total. The van der Waals surface area contributed by atoms with Crippen molar-refractivity contribution in [2.75, 3.05) is 13.2 Å². The Morgan fingerprint density at radius 3 is 2.86 bits per heavy atom. The predicted molar refractivity (Wildman–Crippen MR) is 106 cm³/mol. The zero-order valence-electron chi connectivity index (χ0n) is 16.6. The van der Waals surface area contributed by atoms with E-state index in [1.54, 1.807) is 30.0 Å². The molecule has 1 atom stereocenters. The Hall–Kier alpha value is -3.00. The second-order valence-corrected chi connectivity index (χ2v) is 7.42. The van der Waals surface area contributed by atoms with Gasteiger partial charge in [0.25, 0.3) is 5.56 Å². The average Bonchev–Trinajstić information content (AvgIpc) is 3.33. The highest BCUT2D eigenvalue weighted by molar-refractivity contribution is 5.79. The molecule has 152 valence electrons. The molecule has 1 unspecified atom stereocenters. The maximum absolute atomic E-state index is 13.1. The average molecular weight is 396 g/mol. The number of carbonyl (C=O) groups excluding carboxylic acids is 1. The van der Waals surface area contributed by atoms with E-state index in [1.165, 1.54) is 0 Å². The maximum Gasteiger partial charge on any atom is 0.258 e. The van der Waals surface area contributed by atoms with Crippen LogP contribution in [0.1, 0.15) is 35.7 Å². The number of ether oxygens (including phenoxy) is 1. The fourth-order valence-electron chi connectivity index (χ4n) is 3.70. The third-order valence-electron chi connectivity index (χ3n) is 5.31. The molecule has 1 saturated heterocycles. The van der Waals surface area contributed by atoms with Crippen LogP contribution in [0.5, 0.6) is 0 Å². The number of rotatable bonds is 6. The molecule has 1 amide bonds. The third-order valence-corrected chi connectivity index (χ3v) is 5.31. The summed E-state index contributed by atoms with van der Waals surface area (Å²) in [4.78, 5) is 34.6. The highest BCUT2D eigenvalue weighted by atomic mass is 16.5. The van der Waals surface area contributed by atoms with Crippen LogP contribution in [-0.4, -0.2) is 45.2 Å². The first-order valence-corrected chi connectivity index (χ1v) is 9.80. The number of amides is 1. The van der Waals surface area contributed by atoms with Gasteiger partial charge in [-0.05, 0) is 38.8 Å². The van der Waals surface area contributed by atoms with Crippen LogP contribution >= 0.6 is 0 Å². The van der Waals surface area contributed by atoms with Crippen molar-refractivity contribution in [1.29, 1.82) is 0 Å². The van der Waals surface area contributed by atoms with Crippen LogP contribution < -0.4 is 5.56 Å². The first-order chi connectivity index (χ1) is 14.0. The zero-order chi connectivity index (χ0) is 20.4. The second kappa shape index (κ2) is 8.16. The van der Waals surface area contributed by atoms with Gasteiger partial charge in [-0.15, -0.1) is 0 Å². The Bertz CT molecular complexity index is 1060. The van der Waals surface area contributed by atoms with Crippen molar-refractivity contribution in [3.8, 4) is 0 Å². The van der Waals surface area contributed by atoms with Crippen LogP contribution in [0.3, 0.4) is 0 Å². The van der Waals surface area contributed by atoms with Gasteiger partial charge in [-0.1, -0.05) is 17.3 Å². The van der Waals surface area contributed by atoms with Crippen molar-refractivity contribution < 1.29 is 14.1 Å². The zero-order valence-corrected chi connectivity index (χ0v) is 16.6. The Balaban J connectivity index is 1.60. The minimum atomic E-state index is -0.208. The monoisotopic (exact) mass is 396 g/mol. The number of aromatic amines is 1. The van der Waals surface area contributed by atoms with Crippen molar-refractivity contribution >= 4 is 16.8 Å². The Morgan fingerprint density at radius 1 is 1.31 bits per heavy atom. The number of nitrogens with zero attached hydrogens (tertiary/aromatic N) is 3. The molecule has 3 heterocycles. The molecule has 1 fully saturated rings. The number of hydrogen-bond acceptors (Lipinski definition) is 6. The Morgan fingerprint density at radius 2 is 2.14 bits per heavy atom. The number of aryl methyl sites for hydroxylation is 2. The number of carbonyl (C=O) groups is 1. The molecule has 0 spiro atoms. The SMILES string of the molecule is Cc1noc(C)c1CC(=O)N(Cc1nc2ccccc2c(=O)[nH]1)CC1CCCO1. The second-order valence-electron chi connectivity index (χ2n) is 7.42. The van der Waals surface area contributed by atoms with Crippen molar-refractivity contribution in [3.63, 3.8) is 0 Å². The van der Waals surface area contributed by atoms with Crippen LogP contribution in [0.4, 0.5) is 0 Å². The van der Waals surface area contributed by atoms with Gasteiger partial charge in [0.15, 0.2) is 0 Å². The fraction of sp³-hybridized carbons (Fsp3) is 0.429. The molecule has 1 aromatic carbocycles. The van der Waals surface area contributed by atoms with Gasteiger partial charge in [-0.2, -0.15) is 0 Å². The predicted octanol–water partition coefficient (Wildman–Crippen LogP) is 2.28. The molecular formula is C21H24N4O4. The summed E-state index contributed by atoms with van der Waals surface area (Å²) in [6.07, 6.45) is 2.08. The molecule has 2 aromatic heterocycles. The van der Waals surface area contributed by atoms with E-state index in [1.807, 2.05) is 13.0 Å². The van der Waals surface area contributed by atoms with Gasteiger partial charge in [-0.25, -0.2) is 4.98 Å². The molecule has 0 radical (unpaired) electrons. The molecule has 1 aliphatic heterocycles. The molecule has 0 aliphatic carbocycles. The van der Waals surface area contributed by atoms with Gasteiger partial charge in [0.05, 0.1) is 35.7 Å². The van der Waals surface area contributed by atoms with Gasteiger partial charge in [0.2, 0.25) is 5.91 Å². The summed E-state index contributed by atoms with van der Waals surface area (Å²) >= 11 is 0. The normalized spacial score (nSPS) is 16.4. The van der Waals surface area contributed by atoms with Crippen molar-refractivity contribution in [2.24, 2.45) is 0 Å². The topological polar surface area (TPSA) is 101 Å². The van der Waals surface area contributed by atoms with Crippen LogP contribution in [0.2, 0.25) is 0 Å². The Labute approximate surface area is 167 Å². The summed E-state index contributed by atoms with van der Waals surface area (Å²) < 4.78 is 10.9. The van der Waals surface area contributed by atoms with E-state index >= 15 is 0 Å². The summed E-state index contributed by atoms with van der Waals surface area (Å²) in [5, 5.41) is 4.46. The van der Waals surface area contributed by atoms with Crippen molar-refractivity contribution in [2.45, 2.75) is 45.8 Å². The summed E-state index contributed by atoms with van der Waals surface area (Å²) in [5.74, 6) is 1.02. The lowest BCUT2D eigenvalue weighted by Gasteiger charge is -2.25. The van der Waals surface area contributed by atoms with E-state index in [9.17, 15) is 9.59 Å². The summed E-state index contributed by atoms with van der Waals surface area (Å²) in [7, 11) is 0. The standard InChI is InChI=1S/C21H24N4O4/c1-13-17(14(2)29-24-13)10-20(26)25(11-15-6-5-9-28-15)12-19-22-18-8-4-3-7-16(18)21(27)23-19/h3-4,7-8,15H,5-6,9-12H2,1-2H3,(H,22,23,27). The van der Waals surface area contributed by atoms with E-state index in [-0.39, 0.29) is 30.5 Å². The first-order valence-electron chi connectivity index (χ1n) is 9.80. The number of nitrogens with one attached hydrogen (secondary N) is 1. The van der Waals surface area contributed by atoms with E-state index in [0.29, 0.717) is 41.3 Å². The number of para-hydroxylation sites is 1. The largest absolute Gasteiger partial charge is 0.376 e. The molecule has 1 aliphatic rings. The molecular weight excluding hydrogens is 372 g/mol. The van der Waals surface area contributed by atoms with Crippen LogP contribution in [0.25, 0.3) is 10.9 Å². The maximum atomic E-state index is 13.1. The van der Waals surface area contributed by atoms with Gasteiger partial charge in [0, 0.05) is 18.7 Å². The molecule has 4 rings (SSSR count). The van der Waals surface area contributed by atoms with Gasteiger partial charge < -0.3 is 19.1 Å². The van der Waals surface area contributed by atoms with Gasteiger partial charge in [-0.3, -0.25) is 9.59 Å². The van der Waals surface area contributed by atoms with Crippen molar-refractivity contribution in [3.05, 3.63) is 57.5 Å². The molecule has 3 aromatic rings. The highest BCUT2D eigenvalue weighted by Crippen LogP contribution is 2.18. The molecule has 29 heavy (non-hydrogen) atoms. The van der Waals surface area contributed by atoms with E-state index in [4.69, 9.17) is 9.26 Å². The number of fused-ring (bicyclic) bond motifs is 1. The lowest BCUT2D eigenvalue weighted by Crippen LogP contribution is -2.38. The smallest absolute Gasteiger partial charge is 0.258 e. The minimum absolute atomic E-state index is 0.00389. The van der Waals surface area contributed by atoms with E-state index in [2.05, 4.69) is 15.1 Å². The number of benzene rings is 1. The lowest BCUT2D eigenvalue weighted by atomic mass is 10.1. The Kier molecular flexibility index (Phi) is 5.44. The van der Waals surface area contributed by atoms with Crippen molar-refractivity contribution in [1.82, 2.24) is 20.0 Å². The van der Waals surface area contributed by atoms with E-state index < -0.39 is 0 Å². The van der Waals surface area contributed by atoms with Crippen LogP contribution in [0, 0.1) is 13.8 Å². The molecule has 0 saturated carbocycles. The minimum Gasteiger partial charge on any atom is -0.376 e. The van der Waals surface area contributed by atoms with Crippen LogP contribution in [-0.2, 0) is 22.5 Å². The number of H-pyrrole nitrogens is 1. The number of aromatic nitrogens is 3. The summed E-state index contributed by atoms with van der Waals surface area (Å²) in [6.45, 7) is 5.00. The quantitative estimate of drug-likeness (QED) is 0.686. The van der Waals surface area contributed by atoms with Gasteiger partial charge >= 0.3 is 0 Å². The lowest BCUT2D eigenvalue weighted by molar-refractivity contribution is -0.132.